The summed E-state index contributed by atoms with van der Waals surface area (Å²) in [6.07, 6.45) is 0.934. The van der Waals surface area contributed by atoms with Crippen LogP contribution in [0.4, 0.5) is 0 Å². The predicted molar refractivity (Wildman–Crippen MR) is 78.6 cm³/mol. The van der Waals surface area contributed by atoms with Gasteiger partial charge >= 0.3 is 0 Å². The van der Waals surface area contributed by atoms with E-state index in [9.17, 15) is 4.79 Å². The maximum atomic E-state index is 11.1. The Morgan fingerprint density at radius 1 is 1.35 bits per heavy atom. The van der Waals surface area contributed by atoms with Crippen LogP contribution in [0, 0.1) is 0 Å². The van der Waals surface area contributed by atoms with Crippen molar-refractivity contribution < 1.29 is 9.53 Å². The Morgan fingerprint density at radius 2 is 2.05 bits per heavy atom. The van der Waals surface area contributed by atoms with Crippen molar-refractivity contribution in [3.63, 3.8) is 0 Å². The molecule has 110 valence electrons. The molecule has 5 nitrogen and oxygen atoms in total. The van der Waals surface area contributed by atoms with Crippen LogP contribution in [0.1, 0.15) is 24.8 Å². The van der Waals surface area contributed by atoms with Gasteiger partial charge in [0.25, 0.3) is 0 Å². The Morgan fingerprint density at radius 3 is 2.65 bits per heavy atom. The molecule has 0 aromatic heterocycles. The SMILES string of the molecule is CCOc1ccc(C2CC(N)CN(CC(N)=O)C2)cc1. The molecule has 1 fully saturated rings. The number of carbonyl (C=O) groups is 1. The molecular weight excluding hydrogens is 254 g/mol. The quantitative estimate of drug-likeness (QED) is 0.829. The van der Waals surface area contributed by atoms with E-state index in [4.69, 9.17) is 16.2 Å². The van der Waals surface area contributed by atoms with Crippen LogP contribution >= 0.6 is 0 Å². The molecule has 1 heterocycles. The number of piperidine rings is 1. The number of benzene rings is 1. The number of primary amides is 1. The largest absolute Gasteiger partial charge is 0.494 e. The second kappa shape index (κ2) is 6.72. The van der Waals surface area contributed by atoms with Crippen LogP contribution in [0.25, 0.3) is 0 Å². The number of amides is 1. The van der Waals surface area contributed by atoms with Crippen molar-refractivity contribution in [3.05, 3.63) is 29.8 Å². The third kappa shape index (κ3) is 3.95. The third-order valence-electron chi connectivity index (χ3n) is 3.60. The minimum atomic E-state index is -0.301. The summed E-state index contributed by atoms with van der Waals surface area (Å²) in [5.41, 5.74) is 12.6. The summed E-state index contributed by atoms with van der Waals surface area (Å²) in [6.45, 7) is 4.47. The van der Waals surface area contributed by atoms with Gasteiger partial charge in [-0.25, -0.2) is 0 Å². The van der Waals surface area contributed by atoms with E-state index in [0.29, 0.717) is 12.5 Å². The summed E-state index contributed by atoms with van der Waals surface area (Å²) >= 11 is 0. The maximum Gasteiger partial charge on any atom is 0.231 e. The molecule has 0 aliphatic carbocycles. The first-order chi connectivity index (χ1) is 9.58. The second-order valence-electron chi connectivity index (χ2n) is 5.36. The fourth-order valence-electron chi connectivity index (χ4n) is 2.83. The van der Waals surface area contributed by atoms with Gasteiger partial charge in [0, 0.05) is 19.1 Å². The lowest BCUT2D eigenvalue weighted by atomic mass is 9.88. The highest BCUT2D eigenvalue weighted by Gasteiger charge is 2.26. The van der Waals surface area contributed by atoms with Crippen molar-refractivity contribution in [2.45, 2.75) is 25.3 Å². The lowest BCUT2D eigenvalue weighted by Gasteiger charge is -2.35. The molecule has 1 aliphatic heterocycles. The van der Waals surface area contributed by atoms with Gasteiger partial charge in [-0.05, 0) is 37.0 Å². The maximum absolute atomic E-state index is 11.1. The molecule has 0 bridgehead atoms. The molecular formula is C15H23N3O2. The number of ether oxygens (including phenoxy) is 1. The van der Waals surface area contributed by atoms with Gasteiger partial charge in [0.2, 0.25) is 5.91 Å². The molecule has 4 N–H and O–H groups in total. The second-order valence-corrected chi connectivity index (χ2v) is 5.36. The van der Waals surface area contributed by atoms with E-state index in [1.807, 2.05) is 24.0 Å². The number of hydrogen-bond acceptors (Lipinski definition) is 4. The van der Waals surface area contributed by atoms with Crippen molar-refractivity contribution in [2.24, 2.45) is 11.5 Å². The normalized spacial score (nSPS) is 23.5. The fraction of sp³-hybridized carbons (Fsp3) is 0.533. The van der Waals surface area contributed by atoms with Gasteiger partial charge in [-0.1, -0.05) is 12.1 Å². The van der Waals surface area contributed by atoms with Crippen molar-refractivity contribution in [3.8, 4) is 5.75 Å². The summed E-state index contributed by atoms with van der Waals surface area (Å²) in [7, 11) is 0. The molecule has 1 amide bonds. The average Bonchev–Trinajstić information content (AvgIpc) is 2.38. The lowest BCUT2D eigenvalue weighted by molar-refractivity contribution is -0.119. The summed E-state index contributed by atoms with van der Waals surface area (Å²) in [5, 5.41) is 0. The van der Waals surface area contributed by atoms with Gasteiger partial charge in [-0.15, -0.1) is 0 Å². The molecule has 2 atom stereocenters. The van der Waals surface area contributed by atoms with Gasteiger partial charge in [-0.3, -0.25) is 9.69 Å². The Balaban J connectivity index is 2.04. The van der Waals surface area contributed by atoms with E-state index in [2.05, 4.69) is 12.1 Å². The monoisotopic (exact) mass is 277 g/mol. The molecule has 2 rings (SSSR count). The van der Waals surface area contributed by atoms with E-state index >= 15 is 0 Å². The molecule has 1 aliphatic rings. The summed E-state index contributed by atoms with van der Waals surface area (Å²) < 4.78 is 5.45. The van der Waals surface area contributed by atoms with Crippen LogP contribution < -0.4 is 16.2 Å². The summed E-state index contributed by atoms with van der Waals surface area (Å²) in [5.74, 6) is 0.920. The van der Waals surface area contributed by atoms with E-state index < -0.39 is 0 Å². The van der Waals surface area contributed by atoms with Crippen LogP contribution in [0.2, 0.25) is 0 Å². The molecule has 1 aromatic carbocycles. The van der Waals surface area contributed by atoms with E-state index in [0.717, 1.165) is 25.3 Å². The standard InChI is InChI=1S/C15H23N3O2/c1-2-20-14-5-3-11(4-6-14)12-7-13(16)9-18(8-12)10-15(17)19/h3-6,12-13H,2,7-10,16H2,1H3,(H2,17,19). The molecule has 20 heavy (non-hydrogen) atoms. The van der Waals surface area contributed by atoms with Gasteiger partial charge < -0.3 is 16.2 Å². The summed E-state index contributed by atoms with van der Waals surface area (Å²) in [4.78, 5) is 13.1. The van der Waals surface area contributed by atoms with Crippen molar-refractivity contribution in [2.75, 3.05) is 26.2 Å². The molecule has 0 saturated carbocycles. The molecule has 0 spiro atoms. The first-order valence-corrected chi connectivity index (χ1v) is 7.07. The zero-order chi connectivity index (χ0) is 14.5. The molecule has 1 aromatic rings. The molecule has 0 radical (unpaired) electrons. The first kappa shape index (κ1) is 14.8. The Bertz CT molecular complexity index is 447. The van der Waals surface area contributed by atoms with Crippen molar-refractivity contribution in [1.29, 1.82) is 0 Å². The van der Waals surface area contributed by atoms with E-state index in [1.165, 1.54) is 5.56 Å². The molecule has 1 saturated heterocycles. The fourth-order valence-corrected chi connectivity index (χ4v) is 2.83. The third-order valence-corrected chi connectivity index (χ3v) is 3.60. The van der Waals surface area contributed by atoms with E-state index in [1.54, 1.807) is 0 Å². The van der Waals surface area contributed by atoms with Crippen LogP contribution in [0.15, 0.2) is 24.3 Å². The lowest BCUT2D eigenvalue weighted by Crippen LogP contribution is -2.48. The average molecular weight is 277 g/mol. The number of nitrogens with zero attached hydrogens (tertiary/aromatic N) is 1. The van der Waals surface area contributed by atoms with Crippen molar-refractivity contribution in [1.82, 2.24) is 4.90 Å². The van der Waals surface area contributed by atoms with Crippen LogP contribution in [0.5, 0.6) is 5.75 Å². The minimum absolute atomic E-state index is 0.0830. The Hall–Kier alpha value is -1.59. The highest BCUT2D eigenvalue weighted by molar-refractivity contribution is 5.75. The van der Waals surface area contributed by atoms with Gasteiger partial charge in [-0.2, -0.15) is 0 Å². The van der Waals surface area contributed by atoms with Crippen LogP contribution in [-0.2, 0) is 4.79 Å². The van der Waals surface area contributed by atoms with Gasteiger partial charge in [0.05, 0.1) is 13.2 Å². The van der Waals surface area contributed by atoms with Crippen molar-refractivity contribution >= 4 is 5.91 Å². The number of carbonyl (C=O) groups excluding carboxylic acids is 1. The molecule has 5 heteroatoms. The first-order valence-electron chi connectivity index (χ1n) is 7.07. The topological polar surface area (TPSA) is 81.6 Å². The number of hydrogen-bond donors (Lipinski definition) is 2. The Kier molecular flexibility index (Phi) is 4.98. The van der Waals surface area contributed by atoms with Crippen LogP contribution in [0.3, 0.4) is 0 Å². The Labute approximate surface area is 119 Å². The highest BCUT2D eigenvalue weighted by atomic mass is 16.5. The number of rotatable bonds is 5. The summed E-state index contributed by atoms with van der Waals surface area (Å²) in [6, 6.07) is 8.21. The zero-order valence-corrected chi connectivity index (χ0v) is 11.9. The van der Waals surface area contributed by atoms with E-state index in [-0.39, 0.29) is 18.5 Å². The minimum Gasteiger partial charge on any atom is -0.494 e. The van der Waals surface area contributed by atoms with Gasteiger partial charge in [0.15, 0.2) is 0 Å². The number of nitrogens with two attached hydrogens (primary N) is 2. The number of likely N-dealkylation sites (tertiary alicyclic amines) is 1. The highest BCUT2D eigenvalue weighted by Crippen LogP contribution is 2.27. The van der Waals surface area contributed by atoms with Gasteiger partial charge in [0.1, 0.15) is 5.75 Å². The molecule has 2 unspecified atom stereocenters. The smallest absolute Gasteiger partial charge is 0.231 e. The van der Waals surface area contributed by atoms with Crippen LogP contribution in [-0.4, -0.2) is 43.1 Å². The zero-order valence-electron chi connectivity index (χ0n) is 11.9. The predicted octanol–water partition coefficient (Wildman–Crippen LogP) is 0.687.